The predicted octanol–water partition coefficient (Wildman–Crippen LogP) is 3.59. The van der Waals surface area contributed by atoms with Gasteiger partial charge in [-0.3, -0.25) is 4.79 Å². The Kier molecular flexibility index (Phi) is 7.14. The highest BCUT2D eigenvalue weighted by molar-refractivity contribution is 6.35. The molecule has 0 radical (unpaired) electrons. The van der Waals surface area contributed by atoms with E-state index in [1.54, 1.807) is 12.1 Å². The first-order valence-electron chi connectivity index (χ1n) is 10.6. The molecule has 0 bridgehead atoms. The fourth-order valence-corrected chi connectivity index (χ4v) is 4.78. The molecule has 0 saturated carbocycles. The lowest BCUT2D eigenvalue weighted by Crippen LogP contribution is -2.53. The highest BCUT2D eigenvalue weighted by Crippen LogP contribution is 2.33. The van der Waals surface area contributed by atoms with E-state index < -0.39 is 0 Å². The van der Waals surface area contributed by atoms with Gasteiger partial charge in [-0.25, -0.2) is 0 Å². The molecule has 2 saturated heterocycles. The average molecular weight is 499 g/mol. The van der Waals surface area contributed by atoms with Crippen LogP contribution in [-0.4, -0.2) is 59.5 Å². The number of hydrogen-bond acceptors (Lipinski definition) is 7. The molecule has 2 aromatic rings. The van der Waals surface area contributed by atoms with Crippen LogP contribution >= 0.6 is 34.8 Å². The van der Waals surface area contributed by atoms with Crippen molar-refractivity contribution < 1.29 is 4.79 Å². The van der Waals surface area contributed by atoms with Gasteiger partial charge in [0.05, 0.1) is 12.1 Å². The number of nitrogens with two attached hydrogens (primary N) is 1. The third-order valence-corrected chi connectivity index (χ3v) is 6.81. The Hall–Kier alpha value is -2.00. The number of nitrogens with one attached hydrogen (secondary N) is 2. The Labute approximate surface area is 202 Å². The zero-order valence-corrected chi connectivity index (χ0v) is 20.0. The van der Waals surface area contributed by atoms with E-state index in [1.165, 1.54) is 0 Å². The minimum atomic E-state index is -0.187. The standard InChI is InChI=1S/C21H26Cl3N7O/c1-12(14-5-4-13(22)11-15(14)23)27-19-17(24)18(25)28-21(29-19)31-9-7-30(8-10-31)20(32)16-3-2-6-26-16/h4-5,11-12,16,26H,2-3,6-10H2,1H3,(H3,25,27,28,29)/t12-,16-/m1/s1. The van der Waals surface area contributed by atoms with E-state index in [0.29, 0.717) is 48.0 Å². The largest absolute Gasteiger partial charge is 0.382 e. The topological polar surface area (TPSA) is 99.4 Å². The minimum absolute atomic E-state index is 0.0547. The van der Waals surface area contributed by atoms with Crippen molar-refractivity contribution in [3.05, 3.63) is 38.8 Å². The van der Waals surface area contributed by atoms with Gasteiger partial charge in [0.25, 0.3) is 0 Å². The first-order chi connectivity index (χ1) is 15.3. The van der Waals surface area contributed by atoms with Crippen LogP contribution in [0.15, 0.2) is 18.2 Å². The molecular formula is C21H26Cl3N7O. The molecule has 2 aliphatic heterocycles. The summed E-state index contributed by atoms with van der Waals surface area (Å²) in [7, 11) is 0. The summed E-state index contributed by atoms with van der Waals surface area (Å²) < 4.78 is 0. The second kappa shape index (κ2) is 9.87. The van der Waals surface area contributed by atoms with Crippen LogP contribution in [0.5, 0.6) is 0 Å². The summed E-state index contributed by atoms with van der Waals surface area (Å²) in [6.45, 7) is 5.33. The number of halogens is 3. The van der Waals surface area contributed by atoms with Gasteiger partial charge in [-0.15, -0.1) is 0 Å². The molecule has 0 aliphatic carbocycles. The maximum Gasteiger partial charge on any atom is 0.239 e. The lowest BCUT2D eigenvalue weighted by atomic mass is 10.1. The molecule has 2 fully saturated rings. The summed E-state index contributed by atoms with van der Waals surface area (Å²) in [6.07, 6.45) is 1.95. The number of carbonyl (C=O) groups is 1. The van der Waals surface area contributed by atoms with Gasteiger partial charge in [0.15, 0.2) is 5.82 Å². The molecule has 172 valence electrons. The van der Waals surface area contributed by atoms with Crippen LogP contribution in [-0.2, 0) is 4.79 Å². The molecule has 0 unspecified atom stereocenters. The van der Waals surface area contributed by atoms with E-state index in [2.05, 4.69) is 20.6 Å². The van der Waals surface area contributed by atoms with Crippen molar-refractivity contribution in [3.63, 3.8) is 0 Å². The van der Waals surface area contributed by atoms with Crippen molar-refractivity contribution in [1.29, 1.82) is 0 Å². The number of hydrogen-bond donors (Lipinski definition) is 3. The van der Waals surface area contributed by atoms with Crippen molar-refractivity contribution in [2.24, 2.45) is 0 Å². The molecule has 32 heavy (non-hydrogen) atoms. The lowest BCUT2D eigenvalue weighted by Gasteiger charge is -2.36. The maximum absolute atomic E-state index is 12.6. The van der Waals surface area contributed by atoms with Crippen molar-refractivity contribution in [2.45, 2.75) is 31.8 Å². The maximum atomic E-state index is 12.6. The van der Waals surface area contributed by atoms with Gasteiger partial charge < -0.3 is 26.2 Å². The molecule has 1 amide bonds. The van der Waals surface area contributed by atoms with Gasteiger partial charge >= 0.3 is 0 Å². The smallest absolute Gasteiger partial charge is 0.239 e. The minimum Gasteiger partial charge on any atom is -0.382 e. The van der Waals surface area contributed by atoms with Crippen LogP contribution in [0.2, 0.25) is 15.1 Å². The molecule has 2 aliphatic rings. The van der Waals surface area contributed by atoms with Gasteiger partial charge in [0, 0.05) is 36.2 Å². The molecule has 4 rings (SSSR count). The van der Waals surface area contributed by atoms with E-state index in [4.69, 9.17) is 40.5 Å². The zero-order valence-electron chi connectivity index (χ0n) is 17.7. The van der Waals surface area contributed by atoms with E-state index in [0.717, 1.165) is 24.9 Å². The Morgan fingerprint density at radius 1 is 1.22 bits per heavy atom. The van der Waals surface area contributed by atoms with Crippen LogP contribution in [0, 0.1) is 0 Å². The molecule has 0 spiro atoms. The van der Waals surface area contributed by atoms with Crippen LogP contribution < -0.4 is 21.3 Å². The second-order valence-corrected chi connectivity index (χ2v) is 9.29. The molecule has 1 aromatic carbocycles. The summed E-state index contributed by atoms with van der Waals surface area (Å²) >= 11 is 18.7. The molecule has 8 nitrogen and oxygen atoms in total. The summed E-state index contributed by atoms with van der Waals surface area (Å²) in [5.74, 6) is 1.29. The van der Waals surface area contributed by atoms with Crippen LogP contribution in [0.1, 0.15) is 31.4 Å². The Balaban J connectivity index is 1.46. The zero-order chi connectivity index (χ0) is 22.8. The molecule has 2 atom stereocenters. The van der Waals surface area contributed by atoms with Crippen molar-refractivity contribution in [1.82, 2.24) is 20.2 Å². The highest BCUT2D eigenvalue weighted by atomic mass is 35.5. The average Bonchev–Trinajstić information content (AvgIpc) is 3.31. The first kappa shape index (κ1) is 23.2. The van der Waals surface area contributed by atoms with Crippen LogP contribution in [0.4, 0.5) is 17.6 Å². The summed E-state index contributed by atoms with van der Waals surface area (Å²) in [5, 5.41) is 7.93. The highest BCUT2D eigenvalue weighted by Gasteiger charge is 2.30. The molecule has 1 aromatic heterocycles. The SMILES string of the molecule is C[C@@H](Nc1nc(N2CCN(C(=O)[C@H]3CCCN3)CC2)nc(N)c1Cl)c1ccc(Cl)cc1Cl. The van der Waals surface area contributed by atoms with Crippen LogP contribution in [0.25, 0.3) is 0 Å². The lowest BCUT2D eigenvalue weighted by molar-refractivity contribution is -0.133. The number of rotatable bonds is 5. The number of benzene rings is 1. The predicted molar refractivity (Wildman–Crippen MR) is 130 cm³/mol. The summed E-state index contributed by atoms with van der Waals surface area (Å²) in [5.41, 5.74) is 6.94. The Morgan fingerprint density at radius 3 is 2.62 bits per heavy atom. The van der Waals surface area contributed by atoms with Crippen molar-refractivity contribution in [2.75, 3.05) is 48.7 Å². The Bertz CT molecular complexity index is 992. The first-order valence-corrected chi connectivity index (χ1v) is 11.8. The number of amides is 1. The van der Waals surface area contributed by atoms with Gasteiger partial charge in [-0.05, 0) is 44.0 Å². The number of carbonyl (C=O) groups excluding carboxylic acids is 1. The third-order valence-electron chi connectivity index (χ3n) is 5.88. The number of nitrogen functional groups attached to an aromatic ring is 1. The van der Waals surface area contributed by atoms with Crippen molar-refractivity contribution in [3.8, 4) is 0 Å². The van der Waals surface area contributed by atoms with E-state index >= 15 is 0 Å². The normalized spacial score (nSPS) is 19.8. The van der Waals surface area contributed by atoms with Crippen LogP contribution in [0.3, 0.4) is 0 Å². The van der Waals surface area contributed by atoms with E-state index in [1.807, 2.05) is 22.8 Å². The number of piperazine rings is 1. The van der Waals surface area contributed by atoms with Gasteiger partial charge in [0.1, 0.15) is 10.8 Å². The molecular weight excluding hydrogens is 473 g/mol. The molecule has 11 heteroatoms. The van der Waals surface area contributed by atoms with E-state index in [9.17, 15) is 4.79 Å². The fraction of sp³-hybridized carbons (Fsp3) is 0.476. The Morgan fingerprint density at radius 2 is 1.97 bits per heavy atom. The van der Waals surface area contributed by atoms with E-state index in [-0.39, 0.29) is 28.8 Å². The third kappa shape index (κ3) is 4.98. The monoisotopic (exact) mass is 497 g/mol. The van der Waals surface area contributed by atoms with Gasteiger partial charge in [-0.2, -0.15) is 9.97 Å². The fourth-order valence-electron chi connectivity index (χ4n) is 4.07. The number of nitrogens with zero attached hydrogens (tertiary/aromatic N) is 4. The molecule has 4 N–H and O–H groups in total. The number of anilines is 3. The van der Waals surface area contributed by atoms with Gasteiger partial charge in [-0.1, -0.05) is 40.9 Å². The quantitative estimate of drug-likeness (QED) is 0.579. The van der Waals surface area contributed by atoms with Gasteiger partial charge in [0.2, 0.25) is 11.9 Å². The number of aromatic nitrogens is 2. The summed E-state index contributed by atoms with van der Waals surface area (Å²) in [6, 6.07) is 5.09. The molecule has 3 heterocycles. The summed E-state index contributed by atoms with van der Waals surface area (Å²) in [4.78, 5) is 25.6. The van der Waals surface area contributed by atoms with Crippen molar-refractivity contribution >= 4 is 58.3 Å². The second-order valence-electron chi connectivity index (χ2n) is 8.06.